The van der Waals surface area contributed by atoms with Crippen LogP contribution in [0, 0.1) is 0 Å². The van der Waals surface area contributed by atoms with Gasteiger partial charge >= 0.3 is 0 Å². The normalized spacial score (nSPS) is 14.7. The van der Waals surface area contributed by atoms with Crippen molar-refractivity contribution in [3.05, 3.63) is 23.2 Å². The molecule has 0 radical (unpaired) electrons. The van der Waals surface area contributed by atoms with Crippen LogP contribution >= 0.6 is 11.6 Å². The molecule has 84 valence electrons. The Morgan fingerprint density at radius 2 is 2.20 bits per heavy atom. The Labute approximate surface area is 93.7 Å². The standard InChI is InChI=1S/C10H15ClN2O2/c1-10(15,6-14)5-13-8-4-2-3-7(11)9(8)12/h2-4,13-15H,5-6,12H2,1H3. The molecule has 0 aliphatic carbocycles. The maximum Gasteiger partial charge on any atom is 0.102 e. The predicted octanol–water partition coefficient (Wildman–Crippen LogP) is 1.08. The van der Waals surface area contributed by atoms with Gasteiger partial charge in [-0.3, -0.25) is 0 Å². The number of halogens is 1. The number of benzene rings is 1. The highest BCUT2D eigenvalue weighted by Crippen LogP contribution is 2.26. The molecule has 0 heterocycles. The summed E-state index contributed by atoms with van der Waals surface area (Å²) in [6.07, 6.45) is 0. The Hall–Kier alpha value is -0.970. The Kier molecular flexibility index (Phi) is 3.79. The third-order valence-electron chi connectivity index (χ3n) is 2.05. The van der Waals surface area contributed by atoms with Crippen molar-refractivity contribution in [2.75, 3.05) is 24.2 Å². The van der Waals surface area contributed by atoms with Gasteiger partial charge in [0.2, 0.25) is 0 Å². The number of nitrogens with two attached hydrogens (primary N) is 1. The number of nitrogens with one attached hydrogen (secondary N) is 1. The number of hydrogen-bond acceptors (Lipinski definition) is 4. The maximum absolute atomic E-state index is 9.56. The number of anilines is 2. The van der Waals surface area contributed by atoms with Gasteiger partial charge in [0, 0.05) is 6.54 Å². The quantitative estimate of drug-likeness (QED) is 0.584. The maximum atomic E-state index is 9.56. The molecule has 1 unspecified atom stereocenters. The zero-order chi connectivity index (χ0) is 11.5. The van der Waals surface area contributed by atoms with E-state index in [0.29, 0.717) is 16.4 Å². The molecule has 0 aliphatic rings. The van der Waals surface area contributed by atoms with Gasteiger partial charge < -0.3 is 21.3 Å². The van der Waals surface area contributed by atoms with Gasteiger partial charge in [0.1, 0.15) is 5.60 Å². The largest absolute Gasteiger partial charge is 0.396 e. The fraction of sp³-hybridized carbons (Fsp3) is 0.400. The summed E-state index contributed by atoms with van der Waals surface area (Å²) in [7, 11) is 0. The molecule has 1 aromatic carbocycles. The van der Waals surface area contributed by atoms with Gasteiger partial charge in [-0.25, -0.2) is 0 Å². The molecular formula is C10H15ClN2O2. The minimum atomic E-state index is -1.17. The zero-order valence-electron chi connectivity index (χ0n) is 8.50. The zero-order valence-corrected chi connectivity index (χ0v) is 9.25. The van der Waals surface area contributed by atoms with Gasteiger partial charge in [-0.1, -0.05) is 17.7 Å². The van der Waals surface area contributed by atoms with Gasteiger partial charge in [0.05, 0.1) is 23.0 Å². The molecule has 1 rings (SSSR count). The van der Waals surface area contributed by atoms with E-state index in [4.69, 9.17) is 22.4 Å². The second-order valence-electron chi connectivity index (χ2n) is 3.71. The molecule has 1 atom stereocenters. The number of para-hydroxylation sites is 1. The average Bonchev–Trinajstić information content (AvgIpc) is 2.20. The van der Waals surface area contributed by atoms with Crippen LogP contribution in [-0.2, 0) is 0 Å². The van der Waals surface area contributed by atoms with Crippen LogP contribution in [0.1, 0.15) is 6.92 Å². The second kappa shape index (κ2) is 4.70. The van der Waals surface area contributed by atoms with Gasteiger partial charge in [-0.05, 0) is 19.1 Å². The van der Waals surface area contributed by atoms with E-state index in [1.165, 1.54) is 6.92 Å². The number of hydrogen-bond donors (Lipinski definition) is 4. The van der Waals surface area contributed by atoms with Crippen molar-refractivity contribution in [1.82, 2.24) is 0 Å². The van der Waals surface area contributed by atoms with E-state index < -0.39 is 5.60 Å². The molecular weight excluding hydrogens is 216 g/mol. The molecule has 0 saturated heterocycles. The fourth-order valence-electron chi connectivity index (χ4n) is 1.03. The van der Waals surface area contributed by atoms with Crippen LogP contribution in [0.4, 0.5) is 11.4 Å². The number of aliphatic hydroxyl groups excluding tert-OH is 1. The van der Waals surface area contributed by atoms with Crippen LogP contribution in [-0.4, -0.2) is 29.0 Å². The molecule has 0 amide bonds. The lowest BCUT2D eigenvalue weighted by Crippen LogP contribution is -2.37. The van der Waals surface area contributed by atoms with Crippen LogP contribution in [0.25, 0.3) is 0 Å². The molecule has 5 N–H and O–H groups in total. The summed E-state index contributed by atoms with van der Waals surface area (Å²) in [5, 5.41) is 21.8. The van der Waals surface area contributed by atoms with E-state index in [1.807, 2.05) is 0 Å². The summed E-state index contributed by atoms with van der Waals surface area (Å²) in [6, 6.07) is 5.20. The van der Waals surface area contributed by atoms with Gasteiger partial charge in [-0.15, -0.1) is 0 Å². The lowest BCUT2D eigenvalue weighted by molar-refractivity contribution is 0.0132. The molecule has 0 fully saturated rings. The summed E-state index contributed by atoms with van der Waals surface area (Å²) < 4.78 is 0. The highest BCUT2D eigenvalue weighted by Gasteiger charge is 2.18. The predicted molar refractivity (Wildman–Crippen MR) is 62.1 cm³/mol. The molecule has 5 heteroatoms. The van der Waals surface area contributed by atoms with E-state index in [2.05, 4.69) is 5.32 Å². The lowest BCUT2D eigenvalue weighted by atomic mass is 10.1. The fourth-order valence-corrected chi connectivity index (χ4v) is 1.21. The monoisotopic (exact) mass is 230 g/mol. The van der Waals surface area contributed by atoms with Crippen LogP contribution in [0.5, 0.6) is 0 Å². The van der Waals surface area contributed by atoms with Crippen LogP contribution in [0.3, 0.4) is 0 Å². The smallest absolute Gasteiger partial charge is 0.102 e. The third-order valence-corrected chi connectivity index (χ3v) is 2.38. The van der Waals surface area contributed by atoms with E-state index >= 15 is 0 Å². The Bertz CT molecular complexity index is 342. The first-order chi connectivity index (χ1) is 6.96. The molecule has 4 nitrogen and oxygen atoms in total. The van der Waals surface area contributed by atoms with Crippen LogP contribution in [0.2, 0.25) is 5.02 Å². The van der Waals surface area contributed by atoms with Crippen molar-refractivity contribution in [2.24, 2.45) is 0 Å². The number of nitrogen functional groups attached to an aromatic ring is 1. The Balaban J connectivity index is 2.70. The SMILES string of the molecule is CC(O)(CO)CNc1cccc(Cl)c1N. The van der Waals surface area contributed by atoms with Crippen molar-refractivity contribution in [2.45, 2.75) is 12.5 Å². The summed E-state index contributed by atoms with van der Waals surface area (Å²) in [6.45, 7) is 1.41. The first-order valence-electron chi connectivity index (χ1n) is 4.57. The second-order valence-corrected chi connectivity index (χ2v) is 4.12. The van der Waals surface area contributed by atoms with E-state index in [9.17, 15) is 5.11 Å². The van der Waals surface area contributed by atoms with Crippen molar-refractivity contribution >= 4 is 23.0 Å². The summed E-state index contributed by atoms with van der Waals surface area (Å²) >= 11 is 5.82. The van der Waals surface area contributed by atoms with Crippen molar-refractivity contribution in [1.29, 1.82) is 0 Å². The van der Waals surface area contributed by atoms with Crippen LogP contribution in [0.15, 0.2) is 18.2 Å². The lowest BCUT2D eigenvalue weighted by Gasteiger charge is -2.22. The van der Waals surface area contributed by atoms with Crippen LogP contribution < -0.4 is 11.1 Å². The highest BCUT2D eigenvalue weighted by atomic mass is 35.5. The van der Waals surface area contributed by atoms with E-state index in [1.54, 1.807) is 18.2 Å². The van der Waals surface area contributed by atoms with Crippen molar-refractivity contribution in [3.63, 3.8) is 0 Å². The minimum absolute atomic E-state index is 0.202. The first kappa shape index (κ1) is 12.1. The average molecular weight is 231 g/mol. The van der Waals surface area contributed by atoms with Crippen molar-refractivity contribution in [3.8, 4) is 0 Å². The molecule has 0 saturated carbocycles. The summed E-state index contributed by atoms with van der Waals surface area (Å²) in [4.78, 5) is 0. The number of aliphatic hydroxyl groups is 2. The molecule has 1 aromatic rings. The third kappa shape index (κ3) is 3.27. The van der Waals surface area contributed by atoms with Crippen molar-refractivity contribution < 1.29 is 10.2 Å². The summed E-state index contributed by atoms with van der Waals surface area (Å²) in [5.74, 6) is 0. The Morgan fingerprint density at radius 1 is 1.53 bits per heavy atom. The van der Waals surface area contributed by atoms with Gasteiger partial charge in [0.25, 0.3) is 0 Å². The van der Waals surface area contributed by atoms with Gasteiger partial charge in [0.15, 0.2) is 0 Å². The number of rotatable bonds is 4. The topological polar surface area (TPSA) is 78.5 Å². The van der Waals surface area contributed by atoms with E-state index in [0.717, 1.165) is 0 Å². The molecule has 0 aliphatic heterocycles. The molecule has 0 aromatic heterocycles. The molecule has 0 spiro atoms. The van der Waals surface area contributed by atoms with Gasteiger partial charge in [-0.2, -0.15) is 0 Å². The first-order valence-corrected chi connectivity index (χ1v) is 4.95. The summed E-state index contributed by atoms with van der Waals surface area (Å²) in [5.41, 5.74) is 5.63. The van der Waals surface area contributed by atoms with E-state index in [-0.39, 0.29) is 13.2 Å². The molecule has 15 heavy (non-hydrogen) atoms. The Morgan fingerprint density at radius 3 is 2.80 bits per heavy atom. The minimum Gasteiger partial charge on any atom is -0.396 e. The molecule has 0 bridgehead atoms. The highest BCUT2D eigenvalue weighted by molar-refractivity contribution is 6.33.